The predicted octanol–water partition coefficient (Wildman–Crippen LogP) is 3.27. The lowest BCUT2D eigenvalue weighted by Gasteiger charge is -2.31. The number of nitrogens with zero attached hydrogens (tertiary/aromatic N) is 2. The largest absolute Gasteiger partial charge is 0.478 e. The second-order valence-corrected chi connectivity index (χ2v) is 5.96. The van der Waals surface area contributed by atoms with Gasteiger partial charge in [-0.05, 0) is 32.9 Å². The zero-order valence-electron chi connectivity index (χ0n) is 12.0. The Morgan fingerprint density at radius 3 is 2.89 bits per heavy atom. The molecule has 1 aliphatic rings. The van der Waals surface area contributed by atoms with Crippen LogP contribution in [0.25, 0.3) is 0 Å². The molecule has 0 saturated heterocycles. The number of hydrogen-bond acceptors (Lipinski definition) is 5. The Morgan fingerprint density at radius 1 is 1.37 bits per heavy atom. The zero-order chi connectivity index (χ0) is 13.7. The number of aromatic nitrogens is 2. The standard InChI is InChI=1S/C14H23N3OS/c1-4-18-14-9-13(15-10(2)16-14)17-11-7-5-6-8-12(11)19-3/h9,11-12H,4-8H2,1-3H3,(H,15,16,17). The lowest BCUT2D eigenvalue weighted by molar-refractivity contribution is 0.325. The molecule has 5 heteroatoms. The van der Waals surface area contributed by atoms with Gasteiger partial charge in [0.15, 0.2) is 0 Å². The van der Waals surface area contributed by atoms with E-state index in [1.165, 1.54) is 25.7 Å². The van der Waals surface area contributed by atoms with Crippen LogP contribution in [0.1, 0.15) is 38.4 Å². The van der Waals surface area contributed by atoms with Gasteiger partial charge in [-0.25, -0.2) is 4.98 Å². The number of ether oxygens (including phenoxy) is 1. The van der Waals surface area contributed by atoms with Crippen LogP contribution in [0, 0.1) is 6.92 Å². The molecule has 1 aromatic rings. The predicted molar refractivity (Wildman–Crippen MR) is 81.1 cm³/mol. The molecule has 2 unspecified atom stereocenters. The Kier molecular flexibility index (Phi) is 5.31. The molecule has 2 rings (SSSR count). The minimum atomic E-state index is 0.507. The molecule has 1 saturated carbocycles. The number of nitrogens with one attached hydrogen (secondary N) is 1. The van der Waals surface area contributed by atoms with Crippen LogP contribution in [-0.2, 0) is 0 Å². The average Bonchev–Trinajstić information content (AvgIpc) is 2.39. The number of aryl methyl sites for hydroxylation is 1. The first kappa shape index (κ1) is 14.4. The van der Waals surface area contributed by atoms with Crippen LogP contribution in [0.5, 0.6) is 5.88 Å². The van der Waals surface area contributed by atoms with Gasteiger partial charge < -0.3 is 10.1 Å². The first-order valence-corrected chi connectivity index (χ1v) is 8.29. The molecule has 1 N–H and O–H groups in total. The van der Waals surface area contributed by atoms with Crippen molar-refractivity contribution < 1.29 is 4.74 Å². The van der Waals surface area contributed by atoms with Gasteiger partial charge in [0.2, 0.25) is 5.88 Å². The van der Waals surface area contributed by atoms with Crippen molar-refractivity contribution in [2.45, 2.75) is 50.8 Å². The van der Waals surface area contributed by atoms with Crippen molar-refractivity contribution in [2.75, 3.05) is 18.2 Å². The van der Waals surface area contributed by atoms with Crippen molar-refractivity contribution in [3.63, 3.8) is 0 Å². The first-order valence-electron chi connectivity index (χ1n) is 7.00. The second kappa shape index (κ2) is 6.98. The molecule has 1 aliphatic carbocycles. The van der Waals surface area contributed by atoms with Gasteiger partial charge in [0.25, 0.3) is 0 Å². The van der Waals surface area contributed by atoms with E-state index in [-0.39, 0.29) is 0 Å². The molecule has 2 atom stereocenters. The van der Waals surface area contributed by atoms with Gasteiger partial charge >= 0.3 is 0 Å². The molecule has 0 spiro atoms. The van der Waals surface area contributed by atoms with E-state index < -0.39 is 0 Å². The third-order valence-electron chi connectivity index (χ3n) is 3.45. The fraction of sp³-hybridized carbons (Fsp3) is 0.714. The van der Waals surface area contributed by atoms with E-state index in [1.807, 2.05) is 31.7 Å². The quantitative estimate of drug-likeness (QED) is 0.897. The monoisotopic (exact) mass is 281 g/mol. The summed E-state index contributed by atoms with van der Waals surface area (Å²) in [5, 5.41) is 4.25. The maximum absolute atomic E-state index is 5.47. The van der Waals surface area contributed by atoms with E-state index in [0.29, 0.717) is 23.8 Å². The van der Waals surface area contributed by atoms with E-state index in [0.717, 1.165) is 11.6 Å². The van der Waals surface area contributed by atoms with Crippen LogP contribution >= 0.6 is 11.8 Å². The average molecular weight is 281 g/mol. The van der Waals surface area contributed by atoms with Crippen LogP contribution in [0.15, 0.2) is 6.07 Å². The molecular weight excluding hydrogens is 258 g/mol. The number of hydrogen-bond donors (Lipinski definition) is 1. The molecule has 19 heavy (non-hydrogen) atoms. The van der Waals surface area contributed by atoms with Crippen molar-refractivity contribution in [1.82, 2.24) is 9.97 Å². The summed E-state index contributed by atoms with van der Waals surface area (Å²) < 4.78 is 5.47. The van der Waals surface area contributed by atoms with Gasteiger partial charge in [-0.1, -0.05) is 12.8 Å². The molecular formula is C14H23N3OS. The van der Waals surface area contributed by atoms with Crippen LogP contribution in [0.4, 0.5) is 5.82 Å². The highest BCUT2D eigenvalue weighted by Gasteiger charge is 2.24. The topological polar surface area (TPSA) is 47.0 Å². The van der Waals surface area contributed by atoms with Crippen LogP contribution in [0.3, 0.4) is 0 Å². The van der Waals surface area contributed by atoms with Crippen LogP contribution < -0.4 is 10.1 Å². The van der Waals surface area contributed by atoms with E-state index in [9.17, 15) is 0 Å². The molecule has 0 aromatic carbocycles. The summed E-state index contributed by atoms with van der Waals surface area (Å²) >= 11 is 1.95. The summed E-state index contributed by atoms with van der Waals surface area (Å²) in [7, 11) is 0. The van der Waals surface area contributed by atoms with E-state index >= 15 is 0 Å². The second-order valence-electron chi connectivity index (χ2n) is 4.88. The highest BCUT2D eigenvalue weighted by atomic mass is 32.2. The molecule has 0 bridgehead atoms. The van der Waals surface area contributed by atoms with E-state index in [4.69, 9.17) is 4.74 Å². The Bertz CT molecular complexity index is 414. The lowest BCUT2D eigenvalue weighted by atomic mass is 9.95. The fourth-order valence-electron chi connectivity index (χ4n) is 2.57. The molecule has 0 aliphatic heterocycles. The van der Waals surface area contributed by atoms with E-state index in [1.54, 1.807) is 0 Å². The van der Waals surface area contributed by atoms with Crippen molar-refractivity contribution in [1.29, 1.82) is 0 Å². The maximum atomic E-state index is 5.47. The van der Waals surface area contributed by atoms with Gasteiger partial charge in [-0.3, -0.25) is 0 Å². The van der Waals surface area contributed by atoms with Gasteiger partial charge in [0, 0.05) is 17.4 Å². The smallest absolute Gasteiger partial charge is 0.218 e. The zero-order valence-corrected chi connectivity index (χ0v) is 12.8. The fourth-order valence-corrected chi connectivity index (χ4v) is 3.51. The van der Waals surface area contributed by atoms with Crippen LogP contribution in [-0.4, -0.2) is 34.1 Å². The van der Waals surface area contributed by atoms with Crippen molar-refractivity contribution in [2.24, 2.45) is 0 Å². The van der Waals surface area contributed by atoms with Gasteiger partial charge in [-0.15, -0.1) is 0 Å². The number of thioether (sulfide) groups is 1. The number of anilines is 1. The molecule has 106 valence electrons. The normalized spacial score (nSPS) is 23.1. The van der Waals surface area contributed by atoms with E-state index in [2.05, 4.69) is 21.5 Å². The summed E-state index contributed by atoms with van der Waals surface area (Å²) in [5.74, 6) is 2.31. The highest BCUT2D eigenvalue weighted by Crippen LogP contribution is 2.29. The SMILES string of the molecule is CCOc1cc(NC2CCCCC2SC)nc(C)n1. The lowest BCUT2D eigenvalue weighted by Crippen LogP contribution is -2.34. The van der Waals surface area contributed by atoms with Crippen molar-refractivity contribution in [3.8, 4) is 5.88 Å². The van der Waals surface area contributed by atoms with Crippen molar-refractivity contribution in [3.05, 3.63) is 11.9 Å². The third kappa shape index (κ3) is 4.00. The Morgan fingerprint density at radius 2 is 2.16 bits per heavy atom. The molecule has 4 nitrogen and oxygen atoms in total. The maximum Gasteiger partial charge on any atom is 0.218 e. The van der Waals surface area contributed by atoms with Gasteiger partial charge in [0.05, 0.1) is 6.61 Å². The Hall–Kier alpha value is -0.970. The molecule has 0 amide bonds. The highest BCUT2D eigenvalue weighted by molar-refractivity contribution is 7.99. The summed E-state index contributed by atoms with van der Waals surface area (Å²) in [6.45, 7) is 4.50. The molecule has 0 radical (unpaired) electrons. The van der Waals surface area contributed by atoms with Gasteiger partial charge in [-0.2, -0.15) is 16.7 Å². The van der Waals surface area contributed by atoms with Crippen molar-refractivity contribution >= 4 is 17.6 Å². The van der Waals surface area contributed by atoms with Gasteiger partial charge in [0.1, 0.15) is 11.6 Å². The minimum Gasteiger partial charge on any atom is -0.478 e. The van der Waals surface area contributed by atoms with Crippen LogP contribution in [0.2, 0.25) is 0 Å². The Labute approximate surface area is 119 Å². The summed E-state index contributed by atoms with van der Waals surface area (Å²) in [6.07, 6.45) is 7.36. The third-order valence-corrected chi connectivity index (χ3v) is 4.61. The number of rotatable bonds is 5. The first-order chi connectivity index (χ1) is 9.22. The summed E-state index contributed by atoms with van der Waals surface area (Å²) in [6, 6.07) is 2.41. The summed E-state index contributed by atoms with van der Waals surface area (Å²) in [4.78, 5) is 8.74. The summed E-state index contributed by atoms with van der Waals surface area (Å²) in [5.41, 5.74) is 0. The Balaban J connectivity index is 2.08. The molecule has 1 aromatic heterocycles. The molecule has 1 heterocycles. The minimum absolute atomic E-state index is 0.507. The molecule has 1 fully saturated rings.